The van der Waals surface area contributed by atoms with Crippen LogP contribution in [0.15, 0.2) is 55.2 Å². The molecule has 0 bridgehead atoms. The lowest BCUT2D eigenvalue weighted by Crippen LogP contribution is -2.35. The van der Waals surface area contributed by atoms with Gasteiger partial charge in [0.25, 0.3) is 10.8 Å². The number of aromatic nitrogens is 3. The van der Waals surface area contributed by atoms with E-state index in [0.29, 0.717) is 45.8 Å². The van der Waals surface area contributed by atoms with Crippen LogP contribution < -0.4 is 5.56 Å². The topological polar surface area (TPSA) is 97.8 Å². The fourth-order valence-corrected chi connectivity index (χ4v) is 6.47. The van der Waals surface area contributed by atoms with Gasteiger partial charge in [0.2, 0.25) is 10.0 Å². The van der Waals surface area contributed by atoms with Crippen molar-refractivity contribution in [1.29, 1.82) is 0 Å². The molecule has 11 heteroatoms. The molecule has 0 radical (unpaired) electrons. The highest BCUT2D eigenvalue weighted by Crippen LogP contribution is 2.29. The highest BCUT2D eigenvalue weighted by atomic mass is 32.2. The molecule has 0 unspecified atom stereocenters. The maximum absolute atomic E-state index is 12.9. The molecule has 0 saturated carbocycles. The number of sulfonamides is 1. The van der Waals surface area contributed by atoms with Crippen LogP contribution in [0, 0.1) is 0 Å². The summed E-state index contributed by atoms with van der Waals surface area (Å²) in [5.74, 6) is 0.426. The number of thioether (sulfide) groups is 1. The number of fused-ring (bicyclic) bond motifs is 2. The van der Waals surface area contributed by atoms with Gasteiger partial charge in [0, 0.05) is 36.5 Å². The predicted octanol–water partition coefficient (Wildman–Crippen LogP) is 3.36. The number of oxazole rings is 1. The molecule has 4 heterocycles. The number of hydrogen-bond acceptors (Lipinski definition) is 8. The molecule has 0 amide bonds. The zero-order valence-corrected chi connectivity index (χ0v) is 18.3. The molecular formula is C19H18N4O4S3. The third-order valence-electron chi connectivity index (χ3n) is 4.99. The van der Waals surface area contributed by atoms with Crippen molar-refractivity contribution in [2.75, 3.05) is 13.1 Å². The van der Waals surface area contributed by atoms with E-state index in [9.17, 15) is 13.2 Å². The summed E-state index contributed by atoms with van der Waals surface area (Å²) < 4.78 is 34.6. The first-order valence-electron chi connectivity index (χ1n) is 9.50. The van der Waals surface area contributed by atoms with Gasteiger partial charge in [-0.05, 0) is 31.0 Å². The van der Waals surface area contributed by atoms with E-state index < -0.39 is 10.0 Å². The van der Waals surface area contributed by atoms with Crippen molar-refractivity contribution in [2.24, 2.45) is 0 Å². The van der Waals surface area contributed by atoms with Gasteiger partial charge in [-0.1, -0.05) is 18.2 Å². The summed E-state index contributed by atoms with van der Waals surface area (Å²) in [4.78, 5) is 21.9. The summed E-state index contributed by atoms with van der Waals surface area (Å²) in [5.41, 5.74) is 1.54. The quantitative estimate of drug-likeness (QED) is 0.420. The van der Waals surface area contributed by atoms with E-state index in [1.54, 1.807) is 28.7 Å². The van der Waals surface area contributed by atoms with Crippen LogP contribution in [0.25, 0.3) is 16.1 Å². The Balaban J connectivity index is 1.37. The standard InChI is InChI=1S/C19H18N4O4S3/c24-17-10-13(20-18-23(17)8-9-28-18)12-29-19-21-15-11-14(4-5-16(15)27-19)30(25,26)22-6-2-1-3-7-22/h4-5,8-11H,1-3,6-7,12H2. The second kappa shape index (κ2) is 7.80. The van der Waals surface area contributed by atoms with Crippen molar-refractivity contribution in [3.63, 3.8) is 0 Å². The minimum atomic E-state index is -3.52. The number of thiazole rings is 1. The van der Waals surface area contributed by atoms with Gasteiger partial charge in [-0.2, -0.15) is 4.31 Å². The average Bonchev–Trinajstić information content (AvgIpc) is 3.39. The number of rotatable bonds is 5. The van der Waals surface area contributed by atoms with Crippen LogP contribution in [0.2, 0.25) is 0 Å². The molecular weight excluding hydrogens is 444 g/mol. The highest BCUT2D eigenvalue weighted by molar-refractivity contribution is 7.98. The largest absolute Gasteiger partial charge is 0.431 e. The van der Waals surface area contributed by atoms with Crippen LogP contribution in [0.3, 0.4) is 0 Å². The van der Waals surface area contributed by atoms with Crippen LogP contribution >= 0.6 is 23.1 Å². The molecule has 0 aliphatic carbocycles. The van der Waals surface area contributed by atoms with Crippen molar-refractivity contribution in [2.45, 2.75) is 35.1 Å². The maximum Gasteiger partial charge on any atom is 0.258 e. The molecule has 0 spiro atoms. The molecule has 1 aliphatic rings. The van der Waals surface area contributed by atoms with Gasteiger partial charge >= 0.3 is 0 Å². The van der Waals surface area contributed by atoms with Crippen molar-refractivity contribution in [3.8, 4) is 0 Å². The first-order valence-corrected chi connectivity index (χ1v) is 12.8. The minimum absolute atomic E-state index is 0.123. The summed E-state index contributed by atoms with van der Waals surface area (Å²) in [6.45, 7) is 1.11. The second-order valence-electron chi connectivity index (χ2n) is 7.00. The molecule has 4 aromatic rings. The molecule has 1 aliphatic heterocycles. The van der Waals surface area contributed by atoms with E-state index in [0.717, 1.165) is 19.3 Å². The Labute approximate surface area is 180 Å². The van der Waals surface area contributed by atoms with Gasteiger partial charge < -0.3 is 4.42 Å². The summed E-state index contributed by atoms with van der Waals surface area (Å²) in [6.07, 6.45) is 4.54. The van der Waals surface area contributed by atoms with E-state index in [-0.39, 0.29) is 10.5 Å². The first-order chi connectivity index (χ1) is 14.5. The zero-order valence-electron chi connectivity index (χ0n) is 15.9. The molecule has 3 aromatic heterocycles. The minimum Gasteiger partial charge on any atom is -0.431 e. The first kappa shape index (κ1) is 19.7. The molecule has 1 aromatic carbocycles. The number of benzene rings is 1. The molecule has 156 valence electrons. The van der Waals surface area contributed by atoms with Gasteiger partial charge in [-0.15, -0.1) is 11.3 Å². The summed E-state index contributed by atoms with van der Waals surface area (Å²) >= 11 is 2.72. The molecule has 1 saturated heterocycles. The van der Waals surface area contributed by atoms with Gasteiger partial charge in [0.15, 0.2) is 10.5 Å². The fourth-order valence-electron chi connectivity index (χ4n) is 3.46. The number of hydrogen-bond donors (Lipinski definition) is 0. The molecule has 30 heavy (non-hydrogen) atoms. The van der Waals surface area contributed by atoms with Gasteiger partial charge in [-0.3, -0.25) is 9.20 Å². The van der Waals surface area contributed by atoms with Crippen LogP contribution in [0.1, 0.15) is 25.0 Å². The fraction of sp³-hybridized carbons (Fsp3) is 0.316. The lowest BCUT2D eigenvalue weighted by atomic mass is 10.2. The number of nitrogens with zero attached hydrogens (tertiary/aromatic N) is 4. The monoisotopic (exact) mass is 462 g/mol. The smallest absolute Gasteiger partial charge is 0.258 e. The van der Waals surface area contributed by atoms with E-state index in [1.807, 2.05) is 5.38 Å². The Morgan fingerprint density at radius 1 is 1.13 bits per heavy atom. The third-order valence-corrected chi connectivity index (χ3v) is 8.50. The van der Waals surface area contributed by atoms with Crippen LogP contribution in [-0.4, -0.2) is 40.2 Å². The van der Waals surface area contributed by atoms with Crippen molar-refractivity contribution < 1.29 is 12.8 Å². The van der Waals surface area contributed by atoms with E-state index in [1.165, 1.54) is 33.6 Å². The summed E-state index contributed by atoms with van der Waals surface area (Å²) in [5, 5.41) is 2.22. The lowest BCUT2D eigenvalue weighted by molar-refractivity contribution is 0.346. The molecule has 0 N–H and O–H groups in total. The van der Waals surface area contributed by atoms with Gasteiger partial charge in [0.05, 0.1) is 10.6 Å². The van der Waals surface area contributed by atoms with Crippen LogP contribution in [0.5, 0.6) is 0 Å². The van der Waals surface area contributed by atoms with Crippen molar-refractivity contribution in [1.82, 2.24) is 18.7 Å². The van der Waals surface area contributed by atoms with E-state index in [2.05, 4.69) is 9.97 Å². The highest BCUT2D eigenvalue weighted by Gasteiger charge is 2.26. The van der Waals surface area contributed by atoms with Gasteiger partial charge in [0.1, 0.15) is 5.52 Å². The summed E-state index contributed by atoms with van der Waals surface area (Å²) in [7, 11) is -3.52. The molecule has 5 rings (SSSR count). The maximum atomic E-state index is 12.9. The van der Waals surface area contributed by atoms with E-state index in [4.69, 9.17) is 4.42 Å². The lowest BCUT2D eigenvalue weighted by Gasteiger charge is -2.25. The molecule has 8 nitrogen and oxygen atoms in total. The summed E-state index contributed by atoms with van der Waals surface area (Å²) in [6, 6.07) is 6.28. The predicted molar refractivity (Wildman–Crippen MR) is 116 cm³/mol. The Hall–Kier alpha value is -2.21. The Morgan fingerprint density at radius 2 is 1.97 bits per heavy atom. The van der Waals surface area contributed by atoms with E-state index >= 15 is 0 Å². The van der Waals surface area contributed by atoms with Crippen LogP contribution in [0.4, 0.5) is 0 Å². The normalized spacial score (nSPS) is 15.9. The average molecular weight is 463 g/mol. The molecule has 0 atom stereocenters. The van der Waals surface area contributed by atoms with Crippen molar-refractivity contribution in [3.05, 3.63) is 51.9 Å². The zero-order chi connectivity index (χ0) is 20.7. The Kier molecular flexibility index (Phi) is 5.13. The Morgan fingerprint density at radius 3 is 2.80 bits per heavy atom. The van der Waals surface area contributed by atoms with Crippen molar-refractivity contribution >= 4 is 49.2 Å². The molecule has 1 fully saturated rings. The van der Waals surface area contributed by atoms with Gasteiger partial charge in [-0.25, -0.2) is 18.4 Å². The second-order valence-corrected chi connectivity index (χ2v) is 10.7. The number of piperidine rings is 1. The SMILES string of the molecule is O=c1cc(CSc2nc3cc(S(=O)(=O)N4CCCCC4)ccc3o2)nc2sccn12. The Bertz CT molecular complexity index is 1380. The van der Waals surface area contributed by atoms with Crippen LogP contribution in [-0.2, 0) is 15.8 Å². The third kappa shape index (κ3) is 3.66.